The second-order valence-corrected chi connectivity index (χ2v) is 5.57. The Kier molecular flexibility index (Phi) is 6.13. The van der Waals surface area contributed by atoms with E-state index in [1.807, 2.05) is 43.5 Å². The second-order valence-electron chi connectivity index (χ2n) is 4.67. The van der Waals surface area contributed by atoms with Crippen molar-refractivity contribution in [2.24, 2.45) is 11.7 Å². The van der Waals surface area contributed by atoms with E-state index in [1.54, 1.807) is 17.5 Å². The van der Waals surface area contributed by atoms with Crippen LogP contribution in [0.4, 0.5) is 5.69 Å². The molecule has 0 bridgehead atoms. The predicted octanol–water partition coefficient (Wildman–Crippen LogP) is 3.15. The zero-order valence-corrected chi connectivity index (χ0v) is 13.0. The minimum absolute atomic E-state index is 0. The van der Waals surface area contributed by atoms with Crippen molar-refractivity contribution >= 4 is 35.3 Å². The SMILES string of the molecule is CC(C)C(N)C(=O)Nc1ccc(-c2nccs2)cc1.Cl. The Morgan fingerprint density at radius 1 is 1.30 bits per heavy atom. The van der Waals surface area contributed by atoms with Crippen molar-refractivity contribution in [3.05, 3.63) is 35.8 Å². The highest BCUT2D eigenvalue weighted by Gasteiger charge is 2.17. The number of hydrogen-bond acceptors (Lipinski definition) is 4. The first-order valence-electron chi connectivity index (χ1n) is 6.14. The number of nitrogens with two attached hydrogens (primary N) is 1. The summed E-state index contributed by atoms with van der Waals surface area (Å²) >= 11 is 1.59. The number of thiazole rings is 1. The fraction of sp³-hybridized carbons (Fsp3) is 0.286. The van der Waals surface area contributed by atoms with Crippen LogP contribution in [0.5, 0.6) is 0 Å². The number of halogens is 1. The topological polar surface area (TPSA) is 68.0 Å². The molecule has 1 heterocycles. The van der Waals surface area contributed by atoms with Crippen molar-refractivity contribution in [2.45, 2.75) is 19.9 Å². The Bertz CT molecular complexity index is 540. The fourth-order valence-corrected chi connectivity index (χ4v) is 2.23. The van der Waals surface area contributed by atoms with Crippen LogP contribution < -0.4 is 11.1 Å². The Morgan fingerprint density at radius 3 is 2.45 bits per heavy atom. The third-order valence-electron chi connectivity index (χ3n) is 2.85. The highest BCUT2D eigenvalue weighted by Crippen LogP contribution is 2.23. The van der Waals surface area contributed by atoms with Crippen LogP contribution in [0, 0.1) is 5.92 Å². The molecule has 3 N–H and O–H groups in total. The number of carbonyl (C=O) groups excluding carboxylic acids is 1. The summed E-state index contributed by atoms with van der Waals surface area (Å²) in [5, 5.41) is 5.72. The van der Waals surface area contributed by atoms with Gasteiger partial charge in [-0.05, 0) is 30.2 Å². The van der Waals surface area contributed by atoms with Crippen LogP contribution in [0.3, 0.4) is 0 Å². The van der Waals surface area contributed by atoms with Gasteiger partial charge >= 0.3 is 0 Å². The first-order chi connectivity index (χ1) is 9.08. The van der Waals surface area contributed by atoms with Crippen molar-refractivity contribution in [3.63, 3.8) is 0 Å². The molecule has 0 spiro atoms. The largest absolute Gasteiger partial charge is 0.325 e. The lowest BCUT2D eigenvalue weighted by Gasteiger charge is -2.15. The van der Waals surface area contributed by atoms with Gasteiger partial charge in [-0.2, -0.15) is 0 Å². The maximum atomic E-state index is 11.8. The average Bonchev–Trinajstić information content (AvgIpc) is 2.92. The number of nitrogens with zero attached hydrogens (tertiary/aromatic N) is 1. The van der Waals surface area contributed by atoms with Crippen molar-refractivity contribution in [1.29, 1.82) is 0 Å². The first-order valence-corrected chi connectivity index (χ1v) is 7.02. The molecule has 2 aromatic rings. The highest BCUT2D eigenvalue weighted by atomic mass is 35.5. The summed E-state index contributed by atoms with van der Waals surface area (Å²) in [5.74, 6) is -0.0356. The molecule has 20 heavy (non-hydrogen) atoms. The molecule has 1 aromatic carbocycles. The van der Waals surface area contributed by atoms with E-state index in [4.69, 9.17) is 5.73 Å². The van der Waals surface area contributed by atoms with Gasteiger partial charge in [-0.3, -0.25) is 4.79 Å². The van der Waals surface area contributed by atoms with Crippen LogP contribution in [0.2, 0.25) is 0 Å². The first kappa shape index (κ1) is 16.6. The van der Waals surface area contributed by atoms with Gasteiger partial charge in [0.05, 0.1) is 6.04 Å². The molecule has 0 fully saturated rings. The molecule has 0 aliphatic rings. The normalized spacial score (nSPS) is 11.8. The summed E-state index contributed by atoms with van der Waals surface area (Å²) in [6.45, 7) is 3.85. The quantitative estimate of drug-likeness (QED) is 0.911. The molecule has 1 atom stereocenters. The standard InChI is InChI=1S/C14H17N3OS.ClH/c1-9(2)12(15)13(18)17-11-5-3-10(4-6-11)14-16-7-8-19-14;/h3-9,12H,15H2,1-2H3,(H,17,18);1H. The van der Waals surface area contributed by atoms with E-state index in [2.05, 4.69) is 10.3 Å². The second kappa shape index (κ2) is 7.38. The monoisotopic (exact) mass is 311 g/mol. The summed E-state index contributed by atoms with van der Waals surface area (Å²) in [6, 6.07) is 7.12. The van der Waals surface area contributed by atoms with E-state index >= 15 is 0 Å². The third-order valence-corrected chi connectivity index (χ3v) is 3.67. The lowest BCUT2D eigenvalue weighted by molar-refractivity contribution is -0.118. The van der Waals surface area contributed by atoms with Crippen molar-refractivity contribution < 1.29 is 4.79 Å². The molecule has 108 valence electrons. The van der Waals surface area contributed by atoms with E-state index in [0.717, 1.165) is 16.3 Å². The number of nitrogens with one attached hydrogen (secondary N) is 1. The number of hydrogen-bond donors (Lipinski definition) is 2. The highest BCUT2D eigenvalue weighted by molar-refractivity contribution is 7.13. The van der Waals surface area contributed by atoms with Gasteiger partial charge in [0, 0.05) is 22.8 Å². The van der Waals surface area contributed by atoms with Crippen molar-refractivity contribution in [3.8, 4) is 10.6 Å². The molecule has 0 radical (unpaired) electrons. The molecular formula is C14H18ClN3OS. The molecule has 6 heteroatoms. The zero-order valence-electron chi connectivity index (χ0n) is 11.4. The van der Waals surface area contributed by atoms with Gasteiger partial charge in [0.1, 0.15) is 5.01 Å². The number of benzene rings is 1. The molecule has 2 rings (SSSR count). The predicted molar refractivity (Wildman–Crippen MR) is 86.2 cm³/mol. The van der Waals surface area contributed by atoms with Crippen LogP contribution in [0.15, 0.2) is 35.8 Å². The van der Waals surface area contributed by atoms with Crippen LogP contribution in [0.1, 0.15) is 13.8 Å². The van der Waals surface area contributed by atoms with E-state index in [1.165, 1.54) is 0 Å². The molecule has 0 aliphatic carbocycles. The Balaban J connectivity index is 0.00000200. The molecule has 4 nitrogen and oxygen atoms in total. The summed E-state index contributed by atoms with van der Waals surface area (Å²) in [5.41, 5.74) is 7.59. The molecule has 1 aromatic heterocycles. The van der Waals surface area contributed by atoms with Crippen LogP contribution >= 0.6 is 23.7 Å². The number of rotatable bonds is 4. The Hall–Kier alpha value is -1.43. The third kappa shape index (κ3) is 4.03. The summed E-state index contributed by atoms with van der Waals surface area (Å²) in [4.78, 5) is 16.1. The lowest BCUT2D eigenvalue weighted by atomic mass is 10.0. The van der Waals surface area contributed by atoms with Gasteiger partial charge in [-0.15, -0.1) is 23.7 Å². The van der Waals surface area contributed by atoms with Gasteiger partial charge in [0.2, 0.25) is 5.91 Å². The molecule has 1 amide bonds. The smallest absolute Gasteiger partial charge is 0.241 e. The van der Waals surface area contributed by atoms with E-state index in [9.17, 15) is 4.79 Å². The van der Waals surface area contributed by atoms with E-state index in [-0.39, 0.29) is 24.2 Å². The van der Waals surface area contributed by atoms with Crippen LogP contribution in [0.25, 0.3) is 10.6 Å². The lowest BCUT2D eigenvalue weighted by Crippen LogP contribution is -2.39. The van der Waals surface area contributed by atoms with Crippen LogP contribution in [-0.2, 0) is 4.79 Å². The van der Waals surface area contributed by atoms with Gasteiger partial charge < -0.3 is 11.1 Å². The van der Waals surface area contributed by atoms with Gasteiger partial charge in [0.25, 0.3) is 0 Å². The Morgan fingerprint density at radius 2 is 1.95 bits per heavy atom. The molecule has 0 saturated heterocycles. The number of aromatic nitrogens is 1. The number of anilines is 1. The minimum Gasteiger partial charge on any atom is -0.325 e. The average molecular weight is 312 g/mol. The molecule has 0 saturated carbocycles. The summed E-state index contributed by atoms with van der Waals surface area (Å²) in [7, 11) is 0. The maximum Gasteiger partial charge on any atom is 0.241 e. The minimum atomic E-state index is -0.487. The van der Waals surface area contributed by atoms with Crippen molar-refractivity contribution in [1.82, 2.24) is 4.98 Å². The number of carbonyl (C=O) groups is 1. The van der Waals surface area contributed by atoms with Gasteiger partial charge in [-0.1, -0.05) is 13.8 Å². The van der Waals surface area contributed by atoms with Crippen molar-refractivity contribution in [2.75, 3.05) is 5.32 Å². The maximum absolute atomic E-state index is 11.8. The molecular weight excluding hydrogens is 294 g/mol. The summed E-state index contributed by atoms with van der Waals surface area (Å²) < 4.78 is 0. The number of amides is 1. The molecule has 0 aliphatic heterocycles. The fourth-order valence-electron chi connectivity index (χ4n) is 1.59. The van der Waals surface area contributed by atoms with E-state index in [0.29, 0.717) is 0 Å². The van der Waals surface area contributed by atoms with Gasteiger partial charge in [-0.25, -0.2) is 4.98 Å². The van der Waals surface area contributed by atoms with E-state index < -0.39 is 6.04 Å². The van der Waals surface area contributed by atoms with Gasteiger partial charge in [0.15, 0.2) is 0 Å². The Labute approximate surface area is 128 Å². The van der Waals surface area contributed by atoms with Crippen LogP contribution in [-0.4, -0.2) is 16.9 Å². The summed E-state index contributed by atoms with van der Waals surface area (Å²) in [6.07, 6.45) is 1.78. The molecule has 1 unspecified atom stereocenters. The zero-order chi connectivity index (χ0) is 13.8.